The number of hydrogen-bond acceptors (Lipinski definition) is 5. The first-order valence-corrected chi connectivity index (χ1v) is 11.3. The van der Waals surface area contributed by atoms with E-state index in [2.05, 4.69) is 15.7 Å². The number of aryl methyl sites for hydroxylation is 1. The first-order chi connectivity index (χ1) is 16.0. The number of carbonyl (C=O) groups is 2. The van der Waals surface area contributed by atoms with Crippen LogP contribution in [-0.2, 0) is 4.79 Å². The summed E-state index contributed by atoms with van der Waals surface area (Å²) in [4.78, 5) is 26.1. The molecule has 1 atom stereocenters. The maximum atomic E-state index is 13.1. The van der Waals surface area contributed by atoms with Crippen LogP contribution in [-0.4, -0.2) is 28.1 Å². The van der Waals surface area contributed by atoms with Crippen molar-refractivity contribution >= 4 is 23.2 Å². The van der Waals surface area contributed by atoms with Crippen LogP contribution in [0.2, 0.25) is 0 Å². The fourth-order valence-corrected chi connectivity index (χ4v) is 4.48. The maximum absolute atomic E-state index is 13.1. The van der Waals surface area contributed by atoms with E-state index in [0.717, 1.165) is 46.7 Å². The summed E-state index contributed by atoms with van der Waals surface area (Å²) in [5.41, 5.74) is 4.82. The number of allylic oxidation sites excluding steroid dienone is 2. The number of ether oxygens (including phenoxy) is 1. The summed E-state index contributed by atoms with van der Waals surface area (Å²) >= 11 is 0. The number of nitrogens with one attached hydrogen (secondary N) is 2. The molecule has 7 nitrogen and oxygen atoms in total. The number of amides is 1. The lowest BCUT2D eigenvalue weighted by Crippen LogP contribution is -2.32. The molecular formula is C26H26N4O3. The second-order valence-electron chi connectivity index (χ2n) is 8.37. The van der Waals surface area contributed by atoms with Crippen molar-refractivity contribution in [3.8, 4) is 5.75 Å². The molecule has 2 aromatic carbocycles. The Balaban J connectivity index is 1.53. The Morgan fingerprint density at radius 1 is 1.15 bits per heavy atom. The monoisotopic (exact) mass is 442 g/mol. The molecule has 2 heterocycles. The molecule has 0 fully saturated rings. The van der Waals surface area contributed by atoms with Crippen molar-refractivity contribution in [1.82, 2.24) is 9.78 Å². The Morgan fingerprint density at radius 2 is 1.91 bits per heavy atom. The van der Waals surface area contributed by atoms with Crippen molar-refractivity contribution in [3.63, 3.8) is 0 Å². The first-order valence-electron chi connectivity index (χ1n) is 11.3. The number of aromatic nitrogens is 2. The lowest BCUT2D eigenvalue weighted by molar-refractivity contribution is -0.116. The summed E-state index contributed by atoms with van der Waals surface area (Å²) in [6.45, 7) is 4.53. The van der Waals surface area contributed by atoms with E-state index in [1.165, 1.54) is 0 Å². The third-order valence-corrected chi connectivity index (χ3v) is 6.10. The van der Waals surface area contributed by atoms with E-state index in [1.807, 2.05) is 62.4 Å². The second-order valence-corrected chi connectivity index (χ2v) is 8.37. The SMILES string of the molecule is CCOc1ccc([C@@H]2C3=C(CCCC3=O)Nc3c(C(=O)Nc4ccc(C)cc4)cnn32)cc1. The quantitative estimate of drug-likeness (QED) is 0.589. The molecule has 0 bridgehead atoms. The van der Waals surface area contributed by atoms with E-state index in [-0.39, 0.29) is 17.7 Å². The molecular weight excluding hydrogens is 416 g/mol. The average Bonchev–Trinajstić information content (AvgIpc) is 3.24. The number of nitrogens with zero attached hydrogens (tertiary/aromatic N) is 2. The van der Waals surface area contributed by atoms with Crippen LogP contribution in [0.1, 0.15) is 53.7 Å². The maximum Gasteiger partial charge on any atom is 0.261 e. The van der Waals surface area contributed by atoms with Crippen molar-refractivity contribution in [2.45, 2.75) is 39.2 Å². The predicted octanol–water partition coefficient (Wildman–Crippen LogP) is 4.86. The topological polar surface area (TPSA) is 85.2 Å². The van der Waals surface area contributed by atoms with Gasteiger partial charge in [-0.2, -0.15) is 5.10 Å². The molecule has 0 saturated heterocycles. The van der Waals surface area contributed by atoms with Crippen LogP contribution in [0, 0.1) is 6.92 Å². The van der Waals surface area contributed by atoms with Gasteiger partial charge < -0.3 is 15.4 Å². The number of carbonyl (C=O) groups excluding carboxylic acids is 2. The van der Waals surface area contributed by atoms with E-state index >= 15 is 0 Å². The Hall–Kier alpha value is -3.87. The highest BCUT2D eigenvalue weighted by molar-refractivity contribution is 6.08. The summed E-state index contributed by atoms with van der Waals surface area (Å²) in [5.74, 6) is 1.25. The average molecular weight is 443 g/mol. The third kappa shape index (κ3) is 3.91. The van der Waals surface area contributed by atoms with E-state index in [9.17, 15) is 9.59 Å². The van der Waals surface area contributed by atoms with Crippen LogP contribution in [0.4, 0.5) is 11.5 Å². The number of anilines is 2. The third-order valence-electron chi connectivity index (χ3n) is 6.10. The van der Waals surface area contributed by atoms with Crippen molar-refractivity contribution in [2.24, 2.45) is 0 Å². The number of hydrogen-bond donors (Lipinski definition) is 2. The molecule has 1 aliphatic carbocycles. The molecule has 0 radical (unpaired) electrons. The highest BCUT2D eigenvalue weighted by Crippen LogP contribution is 2.41. The largest absolute Gasteiger partial charge is 0.494 e. The summed E-state index contributed by atoms with van der Waals surface area (Å²) in [7, 11) is 0. The zero-order valence-corrected chi connectivity index (χ0v) is 18.7. The second kappa shape index (κ2) is 8.58. The number of ketones is 1. The smallest absolute Gasteiger partial charge is 0.261 e. The van der Waals surface area contributed by atoms with Gasteiger partial charge in [0, 0.05) is 23.4 Å². The van der Waals surface area contributed by atoms with Crippen molar-refractivity contribution < 1.29 is 14.3 Å². The van der Waals surface area contributed by atoms with E-state index < -0.39 is 0 Å². The van der Waals surface area contributed by atoms with Gasteiger partial charge in [-0.05, 0) is 56.5 Å². The Labute approximate surface area is 192 Å². The fourth-order valence-electron chi connectivity index (χ4n) is 4.48. The molecule has 1 amide bonds. The van der Waals surface area contributed by atoms with E-state index in [0.29, 0.717) is 24.4 Å². The highest BCUT2D eigenvalue weighted by Gasteiger charge is 2.37. The highest BCUT2D eigenvalue weighted by atomic mass is 16.5. The number of rotatable bonds is 5. The van der Waals surface area contributed by atoms with Crippen molar-refractivity contribution in [2.75, 3.05) is 17.2 Å². The van der Waals surface area contributed by atoms with Crippen LogP contribution < -0.4 is 15.4 Å². The summed E-state index contributed by atoms with van der Waals surface area (Å²) in [6, 6.07) is 15.0. The fraction of sp³-hybridized carbons (Fsp3) is 0.269. The minimum absolute atomic E-state index is 0.120. The van der Waals surface area contributed by atoms with E-state index in [4.69, 9.17) is 4.74 Å². The van der Waals surface area contributed by atoms with Gasteiger partial charge in [0.05, 0.1) is 12.8 Å². The lowest BCUT2D eigenvalue weighted by Gasteiger charge is -2.33. The van der Waals surface area contributed by atoms with E-state index in [1.54, 1.807) is 10.9 Å². The molecule has 168 valence electrons. The minimum Gasteiger partial charge on any atom is -0.494 e. The van der Waals surface area contributed by atoms with Crippen LogP contribution in [0.5, 0.6) is 5.75 Å². The van der Waals surface area contributed by atoms with Gasteiger partial charge in [0.15, 0.2) is 5.78 Å². The van der Waals surface area contributed by atoms with Crippen LogP contribution in [0.3, 0.4) is 0 Å². The summed E-state index contributed by atoms with van der Waals surface area (Å²) in [5, 5.41) is 10.9. The molecule has 2 aliphatic rings. The Morgan fingerprint density at radius 3 is 2.64 bits per heavy atom. The molecule has 0 spiro atoms. The zero-order chi connectivity index (χ0) is 22.9. The summed E-state index contributed by atoms with van der Waals surface area (Å²) in [6.07, 6.45) is 3.64. The summed E-state index contributed by atoms with van der Waals surface area (Å²) < 4.78 is 7.33. The van der Waals surface area contributed by atoms with Crippen LogP contribution in [0.15, 0.2) is 66.0 Å². The number of Topliss-reactive ketones (excluding diaryl/α,β-unsaturated/α-hetero) is 1. The molecule has 1 aliphatic heterocycles. The van der Waals surface area contributed by atoms with Gasteiger partial charge in [0.25, 0.3) is 5.91 Å². The van der Waals surface area contributed by atoms with Gasteiger partial charge in [-0.1, -0.05) is 29.8 Å². The van der Waals surface area contributed by atoms with Crippen LogP contribution >= 0.6 is 0 Å². The van der Waals surface area contributed by atoms with Gasteiger partial charge in [0.1, 0.15) is 23.2 Å². The number of fused-ring (bicyclic) bond motifs is 1. The predicted molar refractivity (Wildman–Crippen MR) is 127 cm³/mol. The molecule has 7 heteroatoms. The Bertz CT molecular complexity index is 1240. The molecule has 5 rings (SSSR count). The van der Waals surface area contributed by atoms with Crippen molar-refractivity contribution in [3.05, 3.63) is 82.7 Å². The molecule has 0 saturated carbocycles. The molecule has 0 unspecified atom stereocenters. The van der Waals surface area contributed by atoms with Crippen LogP contribution in [0.25, 0.3) is 0 Å². The van der Waals surface area contributed by atoms with Gasteiger partial charge >= 0.3 is 0 Å². The molecule has 3 aromatic rings. The molecule has 1 aromatic heterocycles. The van der Waals surface area contributed by atoms with Gasteiger partial charge in [0.2, 0.25) is 0 Å². The van der Waals surface area contributed by atoms with Crippen molar-refractivity contribution in [1.29, 1.82) is 0 Å². The van der Waals surface area contributed by atoms with Gasteiger partial charge in [-0.3, -0.25) is 9.59 Å². The zero-order valence-electron chi connectivity index (χ0n) is 18.7. The number of benzene rings is 2. The Kier molecular flexibility index (Phi) is 5.46. The van der Waals surface area contributed by atoms with Gasteiger partial charge in [-0.15, -0.1) is 0 Å². The lowest BCUT2D eigenvalue weighted by atomic mass is 9.85. The van der Waals surface area contributed by atoms with Gasteiger partial charge in [-0.25, -0.2) is 4.68 Å². The molecule has 2 N–H and O–H groups in total. The molecule has 33 heavy (non-hydrogen) atoms. The normalized spacial score (nSPS) is 17.2. The first kappa shape index (κ1) is 21.0. The minimum atomic E-state index is -0.388. The standard InChI is InChI=1S/C26H26N4O3/c1-3-33-19-13-9-17(10-14-19)24-23-21(5-4-6-22(23)31)29-25-20(15-27-30(24)25)26(32)28-18-11-7-16(2)8-12-18/h7-15,24,29H,3-6H2,1-2H3,(H,28,32)/t24-/m1/s1.